The molecule has 19 heavy (non-hydrogen) atoms. The molecular formula is C15H18N2O2. The molecule has 2 rings (SSSR count). The average Bonchev–Trinajstić information content (AvgIpc) is 2.76. The van der Waals surface area contributed by atoms with Crippen LogP contribution < -0.4 is 0 Å². The highest BCUT2D eigenvalue weighted by molar-refractivity contribution is 5.92. The molecule has 0 aromatic carbocycles. The average molecular weight is 258 g/mol. The van der Waals surface area contributed by atoms with Crippen molar-refractivity contribution >= 4 is 5.97 Å². The molecule has 0 atom stereocenters. The number of carbonyl (C=O) groups excluding carboxylic acids is 1. The van der Waals surface area contributed by atoms with Gasteiger partial charge in [-0.15, -0.1) is 0 Å². The number of hydrogen-bond acceptors (Lipinski definition) is 3. The summed E-state index contributed by atoms with van der Waals surface area (Å²) in [7, 11) is 1.40. The summed E-state index contributed by atoms with van der Waals surface area (Å²) >= 11 is 0. The minimum absolute atomic E-state index is 0.258. The molecule has 4 heteroatoms. The highest BCUT2D eigenvalue weighted by atomic mass is 16.5. The second kappa shape index (κ2) is 5.26. The molecule has 0 spiro atoms. The van der Waals surface area contributed by atoms with Crippen LogP contribution in [0, 0.1) is 6.92 Å². The minimum atomic E-state index is -0.304. The Hall–Kier alpha value is -2.10. The number of ether oxygens (including phenoxy) is 1. The van der Waals surface area contributed by atoms with Crippen molar-refractivity contribution in [3.8, 4) is 11.3 Å². The van der Waals surface area contributed by atoms with E-state index in [-0.39, 0.29) is 12.0 Å². The van der Waals surface area contributed by atoms with Crippen LogP contribution in [-0.2, 0) is 4.74 Å². The third-order valence-corrected chi connectivity index (χ3v) is 3.17. The summed E-state index contributed by atoms with van der Waals surface area (Å²) in [5.41, 5.74) is 3.51. The van der Waals surface area contributed by atoms with Crippen molar-refractivity contribution in [1.29, 1.82) is 0 Å². The third-order valence-electron chi connectivity index (χ3n) is 3.17. The largest absolute Gasteiger partial charge is 0.465 e. The van der Waals surface area contributed by atoms with Gasteiger partial charge in [-0.05, 0) is 39.0 Å². The third kappa shape index (κ3) is 2.38. The minimum Gasteiger partial charge on any atom is -0.465 e. The van der Waals surface area contributed by atoms with Gasteiger partial charge in [-0.1, -0.05) is 0 Å². The van der Waals surface area contributed by atoms with Crippen molar-refractivity contribution < 1.29 is 9.53 Å². The number of pyridine rings is 1. The summed E-state index contributed by atoms with van der Waals surface area (Å²) in [5, 5.41) is 0. The van der Waals surface area contributed by atoms with E-state index in [9.17, 15) is 4.79 Å². The summed E-state index contributed by atoms with van der Waals surface area (Å²) in [6.45, 7) is 6.12. The maximum absolute atomic E-state index is 11.8. The van der Waals surface area contributed by atoms with Crippen LogP contribution in [0.15, 0.2) is 30.6 Å². The number of carbonyl (C=O) groups is 1. The van der Waals surface area contributed by atoms with Crippen LogP contribution >= 0.6 is 0 Å². The summed E-state index contributed by atoms with van der Waals surface area (Å²) in [6, 6.07) is 6.01. The van der Waals surface area contributed by atoms with E-state index < -0.39 is 0 Å². The molecule has 0 saturated heterocycles. The van der Waals surface area contributed by atoms with Gasteiger partial charge in [0.25, 0.3) is 0 Å². The standard InChI is InChI=1S/C15H18N2O2/c1-10(2)17-11(3)13(15(18)19-4)8-14(17)12-6-5-7-16-9-12/h5-10H,1-4H3. The Labute approximate surface area is 113 Å². The van der Waals surface area contributed by atoms with E-state index in [2.05, 4.69) is 23.4 Å². The Bertz CT molecular complexity index is 586. The normalized spacial score (nSPS) is 10.8. The molecule has 0 N–H and O–H groups in total. The van der Waals surface area contributed by atoms with E-state index in [1.807, 2.05) is 25.1 Å². The van der Waals surface area contributed by atoms with Gasteiger partial charge < -0.3 is 9.30 Å². The first kappa shape index (κ1) is 13.3. The lowest BCUT2D eigenvalue weighted by Gasteiger charge is -2.15. The molecule has 0 fully saturated rings. The summed E-state index contributed by atoms with van der Waals surface area (Å²) in [4.78, 5) is 15.9. The zero-order chi connectivity index (χ0) is 14.0. The highest BCUT2D eigenvalue weighted by Gasteiger charge is 2.20. The summed E-state index contributed by atoms with van der Waals surface area (Å²) in [6.07, 6.45) is 3.54. The molecule has 0 saturated carbocycles. The number of nitrogens with zero attached hydrogens (tertiary/aromatic N) is 2. The van der Waals surface area contributed by atoms with Crippen molar-refractivity contribution in [1.82, 2.24) is 9.55 Å². The van der Waals surface area contributed by atoms with Gasteiger partial charge in [0.2, 0.25) is 0 Å². The Balaban J connectivity index is 2.64. The first-order valence-electron chi connectivity index (χ1n) is 6.26. The van der Waals surface area contributed by atoms with Crippen LogP contribution in [0.2, 0.25) is 0 Å². The van der Waals surface area contributed by atoms with Crippen LogP contribution in [0.1, 0.15) is 35.9 Å². The van der Waals surface area contributed by atoms with E-state index in [1.54, 1.807) is 12.4 Å². The van der Waals surface area contributed by atoms with Crippen LogP contribution in [0.25, 0.3) is 11.3 Å². The SMILES string of the molecule is COC(=O)c1cc(-c2cccnc2)n(C(C)C)c1C. The molecule has 0 unspecified atom stereocenters. The second-order valence-electron chi connectivity index (χ2n) is 4.73. The van der Waals surface area contributed by atoms with Gasteiger partial charge in [-0.25, -0.2) is 4.79 Å². The lowest BCUT2D eigenvalue weighted by Crippen LogP contribution is -2.07. The maximum atomic E-state index is 11.8. The Morgan fingerprint density at radius 1 is 1.42 bits per heavy atom. The van der Waals surface area contributed by atoms with Gasteiger partial charge >= 0.3 is 5.97 Å². The zero-order valence-corrected chi connectivity index (χ0v) is 11.7. The van der Waals surface area contributed by atoms with Crippen molar-refractivity contribution in [2.75, 3.05) is 7.11 Å². The van der Waals surface area contributed by atoms with Gasteiger partial charge in [-0.2, -0.15) is 0 Å². The molecule has 2 heterocycles. The molecule has 0 aliphatic heterocycles. The predicted molar refractivity (Wildman–Crippen MR) is 74.1 cm³/mol. The van der Waals surface area contributed by atoms with E-state index in [0.29, 0.717) is 5.56 Å². The molecule has 0 radical (unpaired) electrons. The number of esters is 1. The lowest BCUT2D eigenvalue weighted by atomic mass is 10.2. The zero-order valence-electron chi connectivity index (χ0n) is 11.7. The van der Waals surface area contributed by atoms with Gasteiger partial charge in [0, 0.05) is 29.7 Å². The van der Waals surface area contributed by atoms with Crippen LogP contribution in [-0.4, -0.2) is 22.6 Å². The van der Waals surface area contributed by atoms with E-state index in [1.165, 1.54) is 7.11 Å². The first-order valence-corrected chi connectivity index (χ1v) is 6.26. The number of methoxy groups -OCH3 is 1. The van der Waals surface area contributed by atoms with E-state index in [0.717, 1.165) is 17.0 Å². The molecule has 0 amide bonds. The van der Waals surface area contributed by atoms with Crippen molar-refractivity contribution in [3.63, 3.8) is 0 Å². The lowest BCUT2D eigenvalue weighted by molar-refractivity contribution is 0.0600. The number of rotatable bonds is 3. The molecular weight excluding hydrogens is 240 g/mol. The van der Waals surface area contributed by atoms with Crippen molar-refractivity contribution in [2.45, 2.75) is 26.8 Å². The van der Waals surface area contributed by atoms with E-state index >= 15 is 0 Å². The van der Waals surface area contributed by atoms with Gasteiger partial charge in [-0.3, -0.25) is 4.98 Å². The summed E-state index contributed by atoms with van der Waals surface area (Å²) < 4.78 is 6.96. The predicted octanol–water partition coefficient (Wildman–Crippen LogP) is 3.23. The van der Waals surface area contributed by atoms with Gasteiger partial charge in [0.1, 0.15) is 0 Å². The molecule has 100 valence electrons. The smallest absolute Gasteiger partial charge is 0.339 e. The van der Waals surface area contributed by atoms with Crippen molar-refractivity contribution in [2.24, 2.45) is 0 Å². The number of aromatic nitrogens is 2. The van der Waals surface area contributed by atoms with E-state index in [4.69, 9.17) is 4.74 Å². The molecule has 4 nitrogen and oxygen atoms in total. The highest BCUT2D eigenvalue weighted by Crippen LogP contribution is 2.29. The maximum Gasteiger partial charge on any atom is 0.339 e. The molecule has 0 bridgehead atoms. The number of hydrogen-bond donors (Lipinski definition) is 0. The fraction of sp³-hybridized carbons (Fsp3) is 0.333. The van der Waals surface area contributed by atoms with Crippen LogP contribution in [0.3, 0.4) is 0 Å². The molecule has 0 aliphatic carbocycles. The Morgan fingerprint density at radius 3 is 2.68 bits per heavy atom. The van der Waals surface area contributed by atoms with Gasteiger partial charge in [0.05, 0.1) is 18.4 Å². The van der Waals surface area contributed by atoms with Gasteiger partial charge in [0.15, 0.2) is 0 Å². The molecule has 0 aliphatic rings. The van der Waals surface area contributed by atoms with Crippen LogP contribution in [0.4, 0.5) is 0 Å². The molecule has 2 aromatic heterocycles. The topological polar surface area (TPSA) is 44.1 Å². The quantitative estimate of drug-likeness (QED) is 0.794. The Kier molecular flexibility index (Phi) is 3.69. The monoisotopic (exact) mass is 258 g/mol. The van der Waals surface area contributed by atoms with Crippen LogP contribution in [0.5, 0.6) is 0 Å². The fourth-order valence-electron chi connectivity index (χ4n) is 2.34. The Morgan fingerprint density at radius 2 is 2.16 bits per heavy atom. The fourth-order valence-corrected chi connectivity index (χ4v) is 2.34. The van der Waals surface area contributed by atoms with Crippen molar-refractivity contribution in [3.05, 3.63) is 41.9 Å². The second-order valence-corrected chi connectivity index (χ2v) is 4.73. The molecule has 2 aromatic rings. The first-order chi connectivity index (χ1) is 9.06. The summed E-state index contributed by atoms with van der Waals surface area (Å²) in [5.74, 6) is -0.304.